The van der Waals surface area contributed by atoms with Gasteiger partial charge in [-0.05, 0) is 42.0 Å². The van der Waals surface area contributed by atoms with Gasteiger partial charge in [0.25, 0.3) is 11.8 Å². The zero-order chi connectivity index (χ0) is 18.8. The Morgan fingerprint density at radius 1 is 0.889 bits per heavy atom. The summed E-state index contributed by atoms with van der Waals surface area (Å²) in [6.07, 6.45) is 3.09. The van der Waals surface area contributed by atoms with Crippen LogP contribution in [-0.2, 0) is 21.9 Å². The first-order valence-corrected chi connectivity index (χ1v) is 9.54. The zero-order valence-corrected chi connectivity index (χ0v) is 15.6. The lowest BCUT2D eigenvalue weighted by atomic mass is 10.1. The van der Waals surface area contributed by atoms with Crippen LogP contribution < -0.4 is 0 Å². The molecule has 0 bridgehead atoms. The van der Waals surface area contributed by atoms with Crippen molar-refractivity contribution in [3.05, 3.63) is 88.1 Å². The molecule has 0 fully saturated rings. The van der Waals surface area contributed by atoms with Gasteiger partial charge in [-0.15, -0.1) is 11.8 Å². The van der Waals surface area contributed by atoms with Gasteiger partial charge in [0.2, 0.25) is 0 Å². The van der Waals surface area contributed by atoms with Crippen molar-refractivity contribution in [3.8, 4) is 0 Å². The number of hydrogen-bond donors (Lipinski definition) is 0. The van der Waals surface area contributed by atoms with E-state index in [0.717, 1.165) is 5.76 Å². The fourth-order valence-corrected chi connectivity index (χ4v) is 3.96. The van der Waals surface area contributed by atoms with Crippen LogP contribution in [0.25, 0.3) is 5.57 Å². The SMILES string of the molecule is O=C1C(SCc2ccco2)=C(c2ccc(Cl)cc2)C(=O)N1Cc1ccco1. The van der Waals surface area contributed by atoms with Gasteiger partial charge in [0.15, 0.2) is 0 Å². The Kier molecular flexibility index (Phi) is 4.92. The molecule has 136 valence electrons. The molecule has 0 saturated heterocycles. The molecule has 0 radical (unpaired) electrons. The number of halogens is 1. The third kappa shape index (κ3) is 3.59. The lowest BCUT2D eigenvalue weighted by Gasteiger charge is -2.13. The van der Waals surface area contributed by atoms with E-state index in [1.165, 1.54) is 22.9 Å². The number of rotatable bonds is 6. The number of nitrogens with zero attached hydrogens (tertiary/aromatic N) is 1. The van der Waals surface area contributed by atoms with Crippen molar-refractivity contribution in [3.63, 3.8) is 0 Å². The van der Waals surface area contributed by atoms with E-state index in [1.807, 2.05) is 6.07 Å². The quantitative estimate of drug-likeness (QED) is 0.560. The monoisotopic (exact) mass is 399 g/mol. The van der Waals surface area contributed by atoms with Crippen molar-refractivity contribution in [1.82, 2.24) is 4.90 Å². The summed E-state index contributed by atoms with van der Waals surface area (Å²) in [4.78, 5) is 27.6. The van der Waals surface area contributed by atoms with E-state index >= 15 is 0 Å². The van der Waals surface area contributed by atoms with Gasteiger partial charge in [-0.1, -0.05) is 23.7 Å². The summed E-state index contributed by atoms with van der Waals surface area (Å²) in [6, 6.07) is 14.0. The summed E-state index contributed by atoms with van der Waals surface area (Å²) in [7, 11) is 0. The average molecular weight is 400 g/mol. The Balaban J connectivity index is 1.68. The summed E-state index contributed by atoms with van der Waals surface area (Å²) < 4.78 is 10.6. The Hall–Kier alpha value is -2.70. The summed E-state index contributed by atoms with van der Waals surface area (Å²) in [5.41, 5.74) is 1.03. The van der Waals surface area contributed by atoms with Crippen LogP contribution in [0, 0.1) is 0 Å². The highest BCUT2D eigenvalue weighted by Crippen LogP contribution is 2.38. The van der Waals surface area contributed by atoms with E-state index in [-0.39, 0.29) is 18.4 Å². The number of imide groups is 1. The van der Waals surface area contributed by atoms with Crippen LogP contribution in [0.15, 0.2) is 74.8 Å². The number of amides is 2. The van der Waals surface area contributed by atoms with Crippen molar-refractivity contribution in [2.75, 3.05) is 0 Å². The van der Waals surface area contributed by atoms with Gasteiger partial charge in [0.1, 0.15) is 11.5 Å². The van der Waals surface area contributed by atoms with E-state index in [0.29, 0.717) is 32.6 Å². The molecule has 3 aromatic rings. The van der Waals surface area contributed by atoms with Crippen molar-refractivity contribution < 1.29 is 18.4 Å². The molecule has 27 heavy (non-hydrogen) atoms. The predicted octanol–water partition coefficient (Wildman–Crippen LogP) is 4.74. The first-order chi connectivity index (χ1) is 13.1. The molecule has 0 N–H and O–H groups in total. The van der Waals surface area contributed by atoms with Crippen LogP contribution in [0.3, 0.4) is 0 Å². The molecule has 3 heterocycles. The first-order valence-electron chi connectivity index (χ1n) is 8.17. The lowest BCUT2D eigenvalue weighted by molar-refractivity contribution is -0.137. The number of furan rings is 2. The standard InChI is InChI=1S/C20H14ClNO4S/c21-14-7-5-13(6-8-14)17-18(27-12-16-4-2-10-26-16)20(24)22(19(17)23)11-15-3-1-9-25-15/h1-10H,11-12H2. The maximum absolute atomic E-state index is 13.0. The molecule has 1 aliphatic heterocycles. The van der Waals surface area contributed by atoms with E-state index < -0.39 is 0 Å². The van der Waals surface area contributed by atoms with Crippen molar-refractivity contribution in [1.29, 1.82) is 0 Å². The summed E-state index contributed by atoms with van der Waals surface area (Å²) >= 11 is 7.25. The van der Waals surface area contributed by atoms with Crippen molar-refractivity contribution in [2.24, 2.45) is 0 Å². The van der Waals surface area contributed by atoms with Crippen molar-refractivity contribution in [2.45, 2.75) is 12.3 Å². The Morgan fingerprint density at radius 3 is 2.19 bits per heavy atom. The summed E-state index contributed by atoms with van der Waals surface area (Å²) in [5, 5.41) is 0.563. The summed E-state index contributed by atoms with van der Waals surface area (Å²) in [5.74, 6) is 1.04. The molecule has 4 rings (SSSR count). The second-order valence-electron chi connectivity index (χ2n) is 5.85. The second-order valence-corrected chi connectivity index (χ2v) is 7.28. The van der Waals surface area contributed by atoms with E-state index in [2.05, 4.69) is 0 Å². The molecule has 2 aromatic heterocycles. The van der Waals surface area contributed by atoms with Gasteiger partial charge in [-0.2, -0.15) is 0 Å². The van der Waals surface area contributed by atoms with E-state index in [4.69, 9.17) is 20.4 Å². The molecule has 0 aliphatic carbocycles. The predicted molar refractivity (Wildman–Crippen MR) is 103 cm³/mol. The molecule has 2 amide bonds. The topological polar surface area (TPSA) is 63.7 Å². The Labute approximate surface area is 164 Å². The third-order valence-electron chi connectivity index (χ3n) is 4.09. The normalized spacial score (nSPS) is 14.5. The second kappa shape index (κ2) is 7.50. The van der Waals surface area contributed by atoms with E-state index in [9.17, 15) is 9.59 Å². The largest absolute Gasteiger partial charge is 0.468 e. The van der Waals surface area contributed by atoms with Gasteiger partial charge in [-0.25, -0.2) is 0 Å². The molecule has 1 aliphatic rings. The molecule has 0 unspecified atom stereocenters. The molecular weight excluding hydrogens is 386 g/mol. The van der Waals surface area contributed by atoms with Gasteiger partial charge >= 0.3 is 0 Å². The minimum Gasteiger partial charge on any atom is -0.468 e. The van der Waals surface area contributed by atoms with Gasteiger partial charge < -0.3 is 8.83 Å². The Morgan fingerprint density at radius 2 is 1.56 bits per heavy atom. The fraction of sp³-hybridized carbons (Fsp3) is 0.100. The average Bonchev–Trinajstić information content (AvgIpc) is 3.40. The van der Waals surface area contributed by atoms with Crippen LogP contribution in [0.4, 0.5) is 0 Å². The lowest BCUT2D eigenvalue weighted by Crippen LogP contribution is -2.30. The van der Waals surface area contributed by atoms with E-state index in [1.54, 1.807) is 48.7 Å². The highest BCUT2D eigenvalue weighted by molar-refractivity contribution is 8.03. The molecular formula is C20H14ClNO4S. The molecule has 7 heteroatoms. The van der Waals surface area contributed by atoms with Crippen LogP contribution in [0.1, 0.15) is 17.1 Å². The smallest absolute Gasteiger partial charge is 0.268 e. The third-order valence-corrected chi connectivity index (χ3v) is 5.44. The van der Waals surface area contributed by atoms with Crippen molar-refractivity contribution >= 4 is 40.8 Å². The first kappa shape index (κ1) is 17.7. The number of benzene rings is 1. The van der Waals surface area contributed by atoms with Crippen LogP contribution >= 0.6 is 23.4 Å². The van der Waals surface area contributed by atoms with Crippen LogP contribution in [0.5, 0.6) is 0 Å². The minimum absolute atomic E-state index is 0.0898. The minimum atomic E-state index is -0.347. The molecule has 0 atom stereocenters. The highest BCUT2D eigenvalue weighted by atomic mass is 35.5. The van der Waals surface area contributed by atoms with Crippen LogP contribution in [0.2, 0.25) is 5.02 Å². The molecule has 0 saturated carbocycles. The maximum Gasteiger partial charge on any atom is 0.268 e. The highest BCUT2D eigenvalue weighted by Gasteiger charge is 2.39. The number of thioether (sulfide) groups is 1. The number of hydrogen-bond acceptors (Lipinski definition) is 5. The maximum atomic E-state index is 13.0. The van der Waals surface area contributed by atoms with Gasteiger partial charge in [0.05, 0.1) is 35.3 Å². The zero-order valence-electron chi connectivity index (χ0n) is 14.1. The fourth-order valence-electron chi connectivity index (χ4n) is 2.80. The van der Waals surface area contributed by atoms with Crippen LogP contribution in [-0.4, -0.2) is 16.7 Å². The number of carbonyl (C=O) groups excluding carboxylic acids is 2. The summed E-state index contributed by atoms with van der Waals surface area (Å²) in [6.45, 7) is 0.0898. The number of carbonyl (C=O) groups is 2. The van der Waals surface area contributed by atoms with Gasteiger partial charge in [0, 0.05) is 5.02 Å². The Bertz CT molecular complexity index is 991. The molecule has 1 aromatic carbocycles. The molecule has 5 nitrogen and oxygen atoms in total. The molecule has 0 spiro atoms. The van der Waals surface area contributed by atoms with Gasteiger partial charge in [-0.3, -0.25) is 14.5 Å².